The third-order valence-corrected chi connectivity index (χ3v) is 12.7. The standard InChI is InChI=1S/C48H44O8/c1-18-19(2)45(53)41(46(54)20(18)3)30-12-10-11-29-31-16-28(14-13-27(31)15-32(29)30)39-36-23(6)44(52)34(49)17-33(36)40(35-21(4)42(50)26(9)43(51)22(35)5)38-25(8)48(56)47(55)24(7)37(38)39/h10-14,16-17,49-56H,15H2,1-9H3. The van der Waals surface area contributed by atoms with E-state index in [2.05, 4.69) is 6.07 Å². The maximum absolute atomic E-state index is 11.5. The smallest absolute Gasteiger partial charge is 0.161 e. The largest absolute Gasteiger partial charge is 0.507 e. The van der Waals surface area contributed by atoms with Gasteiger partial charge in [0.2, 0.25) is 0 Å². The Bertz CT molecular complexity index is 2890. The zero-order valence-corrected chi connectivity index (χ0v) is 32.8. The third kappa shape index (κ3) is 4.65. The van der Waals surface area contributed by atoms with Gasteiger partial charge in [-0.25, -0.2) is 0 Å². The van der Waals surface area contributed by atoms with E-state index < -0.39 is 0 Å². The summed E-state index contributed by atoms with van der Waals surface area (Å²) in [6.07, 6.45) is 0.547. The van der Waals surface area contributed by atoms with Crippen LogP contribution in [0.15, 0.2) is 42.5 Å². The lowest BCUT2D eigenvalue weighted by molar-refractivity contribution is 0.400. The summed E-state index contributed by atoms with van der Waals surface area (Å²) in [5, 5.41) is 92.8. The van der Waals surface area contributed by atoms with Gasteiger partial charge in [-0.2, -0.15) is 0 Å². The minimum absolute atomic E-state index is 0.0433. The van der Waals surface area contributed by atoms with Crippen molar-refractivity contribution < 1.29 is 40.9 Å². The van der Waals surface area contributed by atoms with Gasteiger partial charge < -0.3 is 40.9 Å². The second-order valence-electron chi connectivity index (χ2n) is 15.5. The Morgan fingerprint density at radius 1 is 0.375 bits per heavy atom. The Morgan fingerprint density at radius 2 is 0.911 bits per heavy atom. The number of hydrogen-bond donors (Lipinski definition) is 8. The fourth-order valence-corrected chi connectivity index (χ4v) is 9.25. The van der Waals surface area contributed by atoms with E-state index in [9.17, 15) is 40.9 Å². The van der Waals surface area contributed by atoms with Gasteiger partial charge in [-0.15, -0.1) is 0 Å². The van der Waals surface area contributed by atoms with E-state index >= 15 is 0 Å². The first-order valence-electron chi connectivity index (χ1n) is 18.6. The van der Waals surface area contributed by atoms with E-state index in [4.69, 9.17) is 0 Å². The lowest BCUT2D eigenvalue weighted by Gasteiger charge is -2.26. The topological polar surface area (TPSA) is 162 Å². The molecule has 0 unspecified atom stereocenters. The summed E-state index contributed by atoms with van der Waals surface area (Å²) in [7, 11) is 0. The van der Waals surface area contributed by atoms with Gasteiger partial charge in [-0.3, -0.25) is 0 Å². The van der Waals surface area contributed by atoms with Crippen molar-refractivity contribution in [1.29, 1.82) is 0 Å². The maximum atomic E-state index is 11.5. The first-order valence-corrected chi connectivity index (χ1v) is 18.6. The van der Waals surface area contributed by atoms with Gasteiger partial charge in [0, 0.05) is 22.3 Å². The minimum Gasteiger partial charge on any atom is -0.507 e. The summed E-state index contributed by atoms with van der Waals surface area (Å²) < 4.78 is 0. The van der Waals surface area contributed by atoms with Crippen LogP contribution in [-0.4, -0.2) is 40.9 Å². The molecule has 0 saturated carbocycles. The minimum atomic E-state index is -0.363. The molecule has 0 amide bonds. The van der Waals surface area contributed by atoms with Crippen LogP contribution in [0.3, 0.4) is 0 Å². The van der Waals surface area contributed by atoms with Gasteiger partial charge in [0.15, 0.2) is 23.0 Å². The number of benzene rings is 7. The fourth-order valence-electron chi connectivity index (χ4n) is 9.25. The number of fused-ring (bicyclic) bond motifs is 5. The summed E-state index contributed by atoms with van der Waals surface area (Å²) in [6, 6.07) is 13.4. The Kier molecular flexibility index (Phi) is 7.96. The molecule has 1 aliphatic rings. The van der Waals surface area contributed by atoms with Gasteiger partial charge in [0.05, 0.1) is 5.56 Å². The van der Waals surface area contributed by atoms with Crippen LogP contribution in [0.4, 0.5) is 0 Å². The number of phenols is 8. The van der Waals surface area contributed by atoms with E-state index in [1.54, 1.807) is 41.5 Å². The predicted molar refractivity (Wildman–Crippen MR) is 222 cm³/mol. The second kappa shape index (κ2) is 12.2. The quantitative estimate of drug-likeness (QED) is 0.0654. The van der Waals surface area contributed by atoms with E-state index in [-0.39, 0.29) is 46.0 Å². The van der Waals surface area contributed by atoms with Crippen molar-refractivity contribution in [2.24, 2.45) is 0 Å². The Morgan fingerprint density at radius 3 is 1.50 bits per heavy atom. The van der Waals surface area contributed by atoms with E-state index in [0.717, 1.165) is 38.9 Å². The van der Waals surface area contributed by atoms with Crippen molar-refractivity contribution >= 4 is 21.5 Å². The molecule has 7 aromatic carbocycles. The van der Waals surface area contributed by atoms with Gasteiger partial charge >= 0.3 is 0 Å². The summed E-state index contributed by atoms with van der Waals surface area (Å²) in [5.74, 6) is -1.41. The van der Waals surface area contributed by atoms with Crippen LogP contribution in [0.5, 0.6) is 46.0 Å². The van der Waals surface area contributed by atoms with Crippen molar-refractivity contribution in [2.75, 3.05) is 0 Å². The van der Waals surface area contributed by atoms with Crippen LogP contribution in [0.1, 0.15) is 61.2 Å². The van der Waals surface area contributed by atoms with Crippen molar-refractivity contribution in [3.8, 4) is 90.5 Å². The molecule has 0 atom stereocenters. The Balaban J connectivity index is 1.52. The highest BCUT2D eigenvalue weighted by atomic mass is 16.3. The first kappa shape index (κ1) is 36.4. The molecule has 284 valence electrons. The van der Waals surface area contributed by atoms with Gasteiger partial charge in [0.1, 0.15) is 23.0 Å². The number of aromatic hydroxyl groups is 8. The number of hydrogen-bond acceptors (Lipinski definition) is 8. The predicted octanol–water partition coefficient (Wildman–Crippen LogP) is 11.0. The molecular formula is C48H44O8. The molecule has 0 saturated heterocycles. The summed E-state index contributed by atoms with van der Waals surface area (Å²) in [6.45, 7) is 15.8. The first-order chi connectivity index (χ1) is 26.4. The van der Waals surface area contributed by atoms with Crippen molar-refractivity contribution in [1.82, 2.24) is 0 Å². The van der Waals surface area contributed by atoms with Gasteiger partial charge in [0.25, 0.3) is 0 Å². The van der Waals surface area contributed by atoms with Crippen molar-refractivity contribution in [2.45, 2.75) is 68.7 Å². The highest BCUT2D eigenvalue weighted by Crippen LogP contribution is 2.57. The number of aryl methyl sites for hydroxylation is 3. The molecule has 0 radical (unpaired) electrons. The monoisotopic (exact) mass is 748 g/mol. The molecular weight excluding hydrogens is 705 g/mol. The molecule has 0 aromatic heterocycles. The van der Waals surface area contributed by atoms with Crippen LogP contribution in [0.2, 0.25) is 0 Å². The number of phenolic OH excluding ortho intramolecular Hbond substituents is 8. The summed E-state index contributed by atoms with van der Waals surface area (Å²) >= 11 is 0. The van der Waals surface area contributed by atoms with Crippen LogP contribution < -0.4 is 0 Å². The normalized spacial score (nSPS) is 12.2. The highest BCUT2D eigenvalue weighted by Gasteiger charge is 2.31. The molecule has 8 heteroatoms. The zero-order chi connectivity index (χ0) is 40.6. The highest BCUT2D eigenvalue weighted by molar-refractivity contribution is 6.26. The molecule has 0 aliphatic heterocycles. The SMILES string of the molecule is Cc1c(C)c(O)c(-c2cccc3c2Cc2ccc(-c4c5c(C)c(O)c(O)cc5c(-c5c(C)c(O)c(C)c(O)c5C)c5c(C)c(O)c(O)c(C)c45)cc2-3)c(O)c1C. The molecule has 0 fully saturated rings. The van der Waals surface area contributed by atoms with Crippen LogP contribution in [-0.2, 0) is 6.42 Å². The lowest BCUT2D eigenvalue weighted by atomic mass is 9.78. The Hall–Kier alpha value is -6.54. The molecule has 0 spiro atoms. The van der Waals surface area contributed by atoms with Crippen molar-refractivity contribution in [3.05, 3.63) is 104 Å². The molecule has 0 heterocycles. The van der Waals surface area contributed by atoms with Gasteiger partial charge in [-0.05, 0) is 180 Å². The zero-order valence-electron chi connectivity index (χ0n) is 32.8. The van der Waals surface area contributed by atoms with Crippen molar-refractivity contribution in [3.63, 3.8) is 0 Å². The van der Waals surface area contributed by atoms with Crippen LogP contribution in [0.25, 0.3) is 66.1 Å². The van der Waals surface area contributed by atoms with Gasteiger partial charge in [-0.1, -0.05) is 30.3 Å². The average molecular weight is 749 g/mol. The molecule has 0 bridgehead atoms. The van der Waals surface area contributed by atoms with E-state index in [1.807, 2.05) is 51.1 Å². The fraction of sp³-hybridized carbons (Fsp3) is 0.208. The van der Waals surface area contributed by atoms with Crippen LogP contribution >= 0.6 is 0 Å². The summed E-state index contributed by atoms with van der Waals surface area (Å²) in [4.78, 5) is 0. The summed E-state index contributed by atoms with van der Waals surface area (Å²) in [5.41, 5.74) is 12.0. The third-order valence-electron chi connectivity index (χ3n) is 12.7. The van der Waals surface area contributed by atoms with E-state index in [1.165, 1.54) is 6.07 Å². The molecule has 7 aromatic rings. The molecule has 8 nitrogen and oxygen atoms in total. The van der Waals surface area contributed by atoms with E-state index in [0.29, 0.717) is 94.7 Å². The molecule has 56 heavy (non-hydrogen) atoms. The Labute approximate surface area is 324 Å². The maximum Gasteiger partial charge on any atom is 0.161 e. The molecule has 8 rings (SSSR count). The second-order valence-corrected chi connectivity index (χ2v) is 15.5. The van der Waals surface area contributed by atoms with Crippen LogP contribution in [0, 0.1) is 62.3 Å². The molecule has 1 aliphatic carbocycles. The lowest BCUT2D eigenvalue weighted by Crippen LogP contribution is -2.01. The molecule has 8 N–H and O–H groups in total. The number of rotatable bonds is 3. The average Bonchev–Trinajstić information content (AvgIpc) is 3.56.